The number of hydrogen-bond acceptors (Lipinski definition) is 3. The fourth-order valence-electron chi connectivity index (χ4n) is 3.09. The zero-order valence-electron chi connectivity index (χ0n) is 10.1. The standard InChI is InChI=1S/C14H19NO2/c1-10-3-2-4-11(5-10)14(16)6-12-8-17-9-13(7-14)15-12/h2-5,12-13,15-16H,6-9H2,1H3. The number of morpholine rings is 1. The van der Waals surface area contributed by atoms with E-state index < -0.39 is 5.60 Å². The number of nitrogens with one attached hydrogen (secondary N) is 1. The second-order valence-electron chi connectivity index (χ2n) is 5.41. The molecule has 0 aliphatic carbocycles. The Labute approximate surface area is 102 Å². The van der Waals surface area contributed by atoms with Crippen molar-refractivity contribution >= 4 is 0 Å². The van der Waals surface area contributed by atoms with Gasteiger partial charge in [-0.15, -0.1) is 0 Å². The van der Waals surface area contributed by atoms with Gasteiger partial charge in [-0.05, 0) is 25.3 Å². The Balaban J connectivity index is 1.90. The van der Waals surface area contributed by atoms with E-state index in [1.165, 1.54) is 5.56 Å². The molecule has 3 heteroatoms. The first-order valence-corrected chi connectivity index (χ1v) is 6.29. The van der Waals surface area contributed by atoms with Crippen molar-refractivity contribution < 1.29 is 9.84 Å². The first-order chi connectivity index (χ1) is 8.16. The third-order valence-corrected chi connectivity index (χ3v) is 3.83. The molecule has 0 aromatic heterocycles. The van der Waals surface area contributed by atoms with E-state index in [1.807, 2.05) is 12.1 Å². The van der Waals surface area contributed by atoms with Crippen LogP contribution in [-0.2, 0) is 10.3 Å². The molecular weight excluding hydrogens is 214 g/mol. The smallest absolute Gasteiger partial charge is 0.0928 e. The molecule has 2 unspecified atom stereocenters. The minimum absolute atomic E-state index is 0.285. The van der Waals surface area contributed by atoms with Gasteiger partial charge in [0.15, 0.2) is 0 Å². The zero-order valence-corrected chi connectivity index (χ0v) is 10.1. The average molecular weight is 233 g/mol. The molecule has 17 heavy (non-hydrogen) atoms. The second-order valence-corrected chi connectivity index (χ2v) is 5.41. The van der Waals surface area contributed by atoms with Gasteiger partial charge < -0.3 is 15.2 Å². The molecule has 92 valence electrons. The van der Waals surface area contributed by atoms with Gasteiger partial charge in [0.1, 0.15) is 0 Å². The summed E-state index contributed by atoms with van der Waals surface area (Å²) in [5.74, 6) is 0. The van der Waals surface area contributed by atoms with E-state index in [1.54, 1.807) is 0 Å². The molecule has 1 aromatic carbocycles. The van der Waals surface area contributed by atoms with Crippen LogP contribution in [0.1, 0.15) is 24.0 Å². The van der Waals surface area contributed by atoms with Crippen molar-refractivity contribution in [3.63, 3.8) is 0 Å². The Kier molecular flexibility index (Phi) is 2.69. The summed E-state index contributed by atoms with van der Waals surface area (Å²) in [6, 6.07) is 8.80. The third kappa shape index (κ3) is 2.10. The van der Waals surface area contributed by atoms with Crippen LogP contribution in [0.2, 0.25) is 0 Å². The maximum Gasteiger partial charge on any atom is 0.0928 e. The highest BCUT2D eigenvalue weighted by Gasteiger charge is 2.42. The van der Waals surface area contributed by atoms with Crippen LogP contribution in [0, 0.1) is 6.92 Å². The van der Waals surface area contributed by atoms with E-state index in [2.05, 4.69) is 24.4 Å². The van der Waals surface area contributed by atoms with Gasteiger partial charge >= 0.3 is 0 Å². The van der Waals surface area contributed by atoms with E-state index in [-0.39, 0.29) is 12.1 Å². The van der Waals surface area contributed by atoms with Gasteiger partial charge in [0.05, 0.1) is 18.8 Å². The molecule has 2 bridgehead atoms. The van der Waals surface area contributed by atoms with Crippen molar-refractivity contribution in [3.05, 3.63) is 35.4 Å². The summed E-state index contributed by atoms with van der Waals surface area (Å²) < 4.78 is 5.52. The molecule has 0 amide bonds. The number of rotatable bonds is 1. The molecule has 1 aromatic rings. The molecule has 2 fully saturated rings. The molecular formula is C14H19NO2. The topological polar surface area (TPSA) is 41.5 Å². The largest absolute Gasteiger partial charge is 0.385 e. The van der Waals surface area contributed by atoms with Crippen LogP contribution in [0.5, 0.6) is 0 Å². The molecule has 2 heterocycles. The summed E-state index contributed by atoms with van der Waals surface area (Å²) in [7, 11) is 0. The summed E-state index contributed by atoms with van der Waals surface area (Å²) in [5, 5.41) is 14.4. The highest BCUT2D eigenvalue weighted by molar-refractivity contribution is 5.28. The number of fused-ring (bicyclic) bond motifs is 2. The molecule has 2 aliphatic rings. The van der Waals surface area contributed by atoms with E-state index in [9.17, 15) is 5.11 Å². The molecule has 0 saturated carbocycles. The van der Waals surface area contributed by atoms with Crippen molar-refractivity contribution in [2.24, 2.45) is 0 Å². The molecule has 2 atom stereocenters. The predicted molar refractivity (Wildman–Crippen MR) is 65.8 cm³/mol. The van der Waals surface area contributed by atoms with E-state index >= 15 is 0 Å². The number of ether oxygens (including phenoxy) is 1. The fourth-order valence-corrected chi connectivity index (χ4v) is 3.09. The van der Waals surface area contributed by atoms with Crippen LogP contribution < -0.4 is 5.32 Å². The lowest BCUT2D eigenvalue weighted by Crippen LogP contribution is -2.58. The molecule has 0 radical (unpaired) electrons. The summed E-state index contributed by atoms with van der Waals surface area (Å²) in [6.45, 7) is 3.49. The quantitative estimate of drug-likeness (QED) is 0.769. The Morgan fingerprint density at radius 2 is 2.00 bits per heavy atom. The summed E-state index contributed by atoms with van der Waals surface area (Å²) in [4.78, 5) is 0. The van der Waals surface area contributed by atoms with E-state index in [0.717, 1.165) is 18.4 Å². The monoisotopic (exact) mass is 233 g/mol. The van der Waals surface area contributed by atoms with E-state index in [4.69, 9.17) is 4.74 Å². The van der Waals surface area contributed by atoms with Crippen LogP contribution in [-0.4, -0.2) is 30.4 Å². The first-order valence-electron chi connectivity index (χ1n) is 6.29. The number of piperidine rings is 1. The Bertz CT molecular complexity index is 406. The molecule has 2 aliphatic heterocycles. The van der Waals surface area contributed by atoms with Crippen LogP contribution >= 0.6 is 0 Å². The van der Waals surface area contributed by atoms with Crippen molar-refractivity contribution in [2.75, 3.05) is 13.2 Å². The minimum Gasteiger partial charge on any atom is -0.385 e. The van der Waals surface area contributed by atoms with Crippen molar-refractivity contribution in [1.82, 2.24) is 5.32 Å². The predicted octanol–water partition coefficient (Wildman–Crippen LogP) is 1.33. The summed E-state index contributed by atoms with van der Waals surface area (Å²) in [6.07, 6.45) is 1.49. The molecule has 3 nitrogen and oxygen atoms in total. The Morgan fingerprint density at radius 1 is 1.29 bits per heavy atom. The molecule has 2 N–H and O–H groups in total. The normalized spacial score (nSPS) is 36.8. The number of aryl methyl sites for hydroxylation is 1. The van der Waals surface area contributed by atoms with Crippen molar-refractivity contribution in [2.45, 2.75) is 37.5 Å². The lowest BCUT2D eigenvalue weighted by molar-refractivity contribution is -0.0802. The average Bonchev–Trinajstić information content (AvgIpc) is 2.28. The zero-order chi connectivity index (χ0) is 11.9. The van der Waals surface area contributed by atoms with Gasteiger partial charge in [-0.2, -0.15) is 0 Å². The summed E-state index contributed by atoms with van der Waals surface area (Å²) in [5.41, 5.74) is 1.57. The second kappa shape index (κ2) is 4.09. The SMILES string of the molecule is Cc1cccc(C2(O)CC3COCC(C2)N3)c1. The first kappa shape index (κ1) is 11.2. The van der Waals surface area contributed by atoms with E-state index in [0.29, 0.717) is 13.2 Å². The third-order valence-electron chi connectivity index (χ3n) is 3.83. The summed E-state index contributed by atoms with van der Waals surface area (Å²) >= 11 is 0. The van der Waals surface area contributed by atoms with Gasteiger partial charge in [-0.25, -0.2) is 0 Å². The Hall–Kier alpha value is -0.900. The van der Waals surface area contributed by atoms with Crippen LogP contribution in [0.15, 0.2) is 24.3 Å². The van der Waals surface area contributed by atoms with Crippen LogP contribution in [0.25, 0.3) is 0 Å². The van der Waals surface area contributed by atoms with Crippen molar-refractivity contribution in [1.29, 1.82) is 0 Å². The van der Waals surface area contributed by atoms with Gasteiger partial charge in [0, 0.05) is 12.1 Å². The van der Waals surface area contributed by atoms with Gasteiger partial charge in [-0.3, -0.25) is 0 Å². The fraction of sp³-hybridized carbons (Fsp3) is 0.571. The van der Waals surface area contributed by atoms with Crippen molar-refractivity contribution in [3.8, 4) is 0 Å². The maximum atomic E-state index is 10.9. The highest BCUT2D eigenvalue weighted by atomic mass is 16.5. The Morgan fingerprint density at radius 3 is 2.65 bits per heavy atom. The van der Waals surface area contributed by atoms with Crippen LogP contribution in [0.4, 0.5) is 0 Å². The molecule has 0 spiro atoms. The number of benzene rings is 1. The molecule has 2 saturated heterocycles. The maximum absolute atomic E-state index is 10.9. The van der Waals surface area contributed by atoms with Gasteiger partial charge in [-0.1, -0.05) is 29.8 Å². The van der Waals surface area contributed by atoms with Gasteiger partial charge in [0.2, 0.25) is 0 Å². The number of hydrogen-bond donors (Lipinski definition) is 2. The van der Waals surface area contributed by atoms with Crippen LogP contribution in [0.3, 0.4) is 0 Å². The number of aliphatic hydroxyl groups is 1. The molecule has 3 rings (SSSR count). The lowest BCUT2D eigenvalue weighted by Gasteiger charge is -2.45. The van der Waals surface area contributed by atoms with Gasteiger partial charge in [0.25, 0.3) is 0 Å². The lowest BCUT2D eigenvalue weighted by atomic mass is 9.78. The highest BCUT2D eigenvalue weighted by Crippen LogP contribution is 2.36. The minimum atomic E-state index is -0.684.